The van der Waals surface area contributed by atoms with E-state index in [9.17, 15) is 4.39 Å². The van der Waals surface area contributed by atoms with E-state index in [-0.39, 0.29) is 5.02 Å². The molecule has 0 aliphatic heterocycles. The normalized spacial score (nSPS) is 10.7. The first-order valence-corrected chi connectivity index (χ1v) is 7.47. The molecule has 1 aromatic carbocycles. The number of nitrogens with zero attached hydrogens (tertiary/aromatic N) is 2. The number of rotatable bonds is 5. The Balaban J connectivity index is 2.16. The summed E-state index contributed by atoms with van der Waals surface area (Å²) < 4.78 is 13.1. The minimum atomic E-state index is -0.424. The second-order valence-corrected chi connectivity index (χ2v) is 5.52. The Morgan fingerprint density at radius 1 is 1.24 bits per heavy atom. The molecule has 3 nitrogen and oxygen atoms in total. The third-order valence-electron chi connectivity index (χ3n) is 3.05. The van der Waals surface area contributed by atoms with Gasteiger partial charge in [-0.25, -0.2) is 14.4 Å². The van der Waals surface area contributed by atoms with E-state index in [1.54, 1.807) is 12.1 Å². The van der Waals surface area contributed by atoms with Crippen molar-refractivity contribution in [2.45, 2.75) is 33.2 Å². The fraction of sp³-hybridized carbons (Fsp3) is 0.333. The Morgan fingerprint density at radius 2 is 2.00 bits per heavy atom. The van der Waals surface area contributed by atoms with Crippen LogP contribution in [0.25, 0.3) is 0 Å². The van der Waals surface area contributed by atoms with E-state index in [1.807, 2.05) is 6.92 Å². The molecule has 0 saturated carbocycles. The first kappa shape index (κ1) is 16.0. The van der Waals surface area contributed by atoms with E-state index in [0.717, 1.165) is 24.0 Å². The second kappa shape index (κ2) is 7.05. The van der Waals surface area contributed by atoms with Crippen molar-refractivity contribution in [2.75, 3.05) is 5.32 Å². The van der Waals surface area contributed by atoms with E-state index in [0.29, 0.717) is 23.3 Å². The number of aryl methyl sites for hydroxylation is 1. The highest BCUT2D eigenvalue weighted by Crippen LogP contribution is 2.22. The number of anilines is 1. The molecule has 0 amide bonds. The summed E-state index contributed by atoms with van der Waals surface area (Å²) in [6.07, 6.45) is 1.73. The van der Waals surface area contributed by atoms with Crippen molar-refractivity contribution in [1.29, 1.82) is 0 Å². The zero-order valence-electron chi connectivity index (χ0n) is 11.9. The van der Waals surface area contributed by atoms with Crippen LogP contribution in [0.4, 0.5) is 10.2 Å². The van der Waals surface area contributed by atoms with Gasteiger partial charge in [-0.15, -0.1) is 0 Å². The summed E-state index contributed by atoms with van der Waals surface area (Å²) in [5.74, 6) is 0.985. The maximum absolute atomic E-state index is 13.1. The number of aromatic nitrogens is 2. The largest absolute Gasteiger partial charge is 0.366 e. The number of benzene rings is 1. The Hall–Kier alpha value is -1.39. The predicted octanol–water partition coefficient (Wildman–Crippen LogP) is 4.80. The van der Waals surface area contributed by atoms with Crippen LogP contribution in [0.5, 0.6) is 0 Å². The zero-order valence-corrected chi connectivity index (χ0v) is 13.4. The van der Waals surface area contributed by atoms with Gasteiger partial charge in [-0.1, -0.05) is 36.2 Å². The van der Waals surface area contributed by atoms with Gasteiger partial charge in [-0.05, 0) is 31.0 Å². The fourth-order valence-corrected chi connectivity index (χ4v) is 2.27. The molecule has 0 aliphatic rings. The predicted molar refractivity (Wildman–Crippen MR) is 84.5 cm³/mol. The first-order valence-electron chi connectivity index (χ1n) is 6.72. The summed E-state index contributed by atoms with van der Waals surface area (Å²) in [7, 11) is 0. The molecule has 21 heavy (non-hydrogen) atoms. The van der Waals surface area contributed by atoms with E-state index < -0.39 is 5.82 Å². The van der Waals surface area contributed by atoms with Gasteiger partial charge in [0, 0.05) is 18.5 Å². The van der Waals surface area contributed by atoms with Gasteiger partial charge >= 0.3 is 0 Å². The summed E-state index contributed by atoms with van der Waals surface area (Å²) in [6.45, 7) is 4.41. The van der Waals surface area contributed by atoms with Crippen LogP contribution in [0.2, 0.25) is 10.2 Å². The maximum Gasteiger partial charge on any atom is 0.141 e. The van der Waals surface area contributed by atoms with Crippen LogP contribution in [0.15, 0.2) is 18.2 Å². The number of halogens is 3. The molecule has 1 N–H and O–H groups in total. The minimum absolute atomic E-state index is 0.110. The van der Waals surface area contributed by atoms with Crippen LogP contribution in [0.1, 0.15) is 30.3 Å². The van der Waals surface area contributed by atoms with E-state index in [4.69, 9.17) is 23.2 Å². The summed E-state index contributed by atoms with van der Waals surface area (Å²) in [5.41, 5.74) is 1.66. The van der Waals surface area contributed by atoms with Gasteiger partial charge < -0.3 is 5.32 Å². The Kier molecular flexibility index (Phi) is 5.37. The van der Waals surface area contributed by atoms with Crippen LogP contribution < -0.4 is 5.32 Å². The van der Waals surface area contributed by atoms with Crippen molar-refractivity contribution < 1.29 is 4.39 Å². The highest BCUT2D eigenvalue weighted by Gasteiger charge is 2.09. The molecule has 0 saturated heterocycles. The van der Waals surface area contributed by atoms with E-state index in [2.05, 4.69) is 22.2 Å². The molecule has 2 rings (SSSR count). The molecular weight excluding hydrogens is 312 g/mol. The molecule has 0 spiro atoms. The van der Waals surface area contributed by atoms with Crippen molar-refractivity contribution >= 4 is 29.0 Å². The molecule has 2 aromatic rings. The molecule has 1 aromatic heterocycles. The molecule has 0 radical (unpaired) electrons. The molecule has 1 heterocycles. The monoisotopic (exact) mass is 327 g/mol. The lowest BCUT2D eigenvalue weighted by atomic mass is 10.2. The lowest BCUT2D eigenvalue weighted by Gasteiger charge is -2.11. The highest BCUT2D eigenvalue weighted by atomic mass is 35.5. The standard InChI is InChI=1S/C15H16Cl2FN3/c1-3-4-13-20-14(17)9(2)15(21-13)19-8-10-5-6-12(18)11(16)7-10/h5-7H,3-4,8H2,1-2H3,(H,19,20,21). The van der Waals surface area contributed by atoms with Crippen molar-refractivity contribution in [2.24, 2.45) is 0 Å². The molecule has 6 heteroatoms. The molecular formula is C15H16Cl2FN3. The maximum atomic E-state index is 13.1. The summed E-state index contributed by atoms with van der Waals surface area (Å²) in [4.78, 5) is 8.71. The lowest BCUT2D eigenvalue weighted by molar-refractivity contribution is 0.627. The molecule has 112 valence electrons. The number of hydrogen-bond donors (Lipinski definition) is 1. The van der Waals surface area contributed by atoms with Gasteiger partial charge in [0.1, 0.15) is 22.6 Å². The van der Waals surface area contributed by atoms with Crippen LogP contribution >= 0.6 is 23.2 Å². The van der Waals surface area contributed by atoms with Crippen LogP contribution in [-0.2, 0) is 13.0 Å². The Labute approximate surface area is 133 Å². The quantitative estimate of drug-likeness (QED) is 0.802. The van der Waals surface area contributed by atoms with Crippen molar-refractivity contribution in [3.05, 3.63) is 51.1 Å². The highest BCUT2D eigenvalue weighted by molar-refractivity contribution is 6.31. The SMILES string of the molecule is CCCc1nc(Cl)c(C)c(NCc2ccc(F)c(Cl)c2)n1. The third-order valence-corrected chi connectivity index (χ3v) is 3.71. The molecule has 0 bridgehead atoms. The molecule has 0 unspecified atom stereocenters. The molecule has 0 aliphatic carbocycles. The van der Waals surface area contributed by atoms with Gasteiger partial charge in [0.15, 0.2) is 0 Å². The number of nitrogens with one attached hydrogen (secondary N) is 1. The zero-order chi connectivity index (χ0) is 15.4. The smallest absolute Gasteiger partial charge is 0.141 e. The molecule has 0 atom stereocenters. The van der Waals surface area contributed by atoms with Crippen molar-refractivity contribution in [1.82, 2.24) is 9.97 Å². The summed E-state index contributed by atoms with van der Waals surface area (Å²) in [5, 5.41) is 3.76. The first-order chi connectivity index (χ1) is 10.0. The van der Waals surface area contributed by atoms with Gasteiger partial charge in [0.2, 0.25) is 0 Å². The van der Waals surface area contributed by atoms with E-state index in [1.165, 1.54) is 6.07 Å². The second-order valence-electron chi connectivity index (χ2n) is 4.76. The third kappa shape index (κ3) is 4.05. The molecule has 0 fully saturated rings. The average molecular weight is 328 g/mol. The summed E-state index contributed by atoms with van der Waals surface area (Å²) in [6, 6.07) is 4.62. The fourth-order valence-electron chi connectivity index (χ4n) is 1.88. The van der Waals surface area contributed by atoms with Crippen molar-refractivity contribution in [3.63, 3.8) is 0 Å². The van der Waals surface area contributed by atoms with Crippen molar-refractivity contribution in [3.8, 4) is 0 Å². The van der Waals surface area contributed by atoms with Gasteiger partial charge in [0.05, 0.1) is 5.02 Å². The Bertz CT molecular complexity index is 647. The number of hydrogen-bond acceptors (Lipinski definition) is 3. The van der Waals surface area contributed by atoms with Gasteiger partial charge in [0.25, 0.3) is 0 Å². The van der Waals surface area contributed by atoms with E-state index >= 15 is 0 Å². The topological polar surface area (TPSA) is 37.8 Å². The van der Waals surface area contributed by atoms with Crippen LogP contribution in [-0.4, -0.2) is 9.97 Å². The summed E-state index contributed by atoms with van der Waals surface area (Å²) >= 11 is 11.9. The Morgan fingerprint density at radius 3 is 2.67 bits per heavy atom. The minimum Gasteiger partial charge on any atom is -0.366 e. The van der Waals surface area contributed by atoms with Gasteiger partial charge in [-0.2, -0.15) is 0 Å². The average Bonchev–Trinajstić information content (AvgIpc) is 2.45. The lowest BCUT2D eigenvalue weighted by Crippen LogP contribution is -2.07. The van der Waals surface area contributed by atoms with Crippen LogP contribution in [0.3, 0.4) is 0 Å². The van der Waals surface area contributed by atoms with Gasteiger partial charge in [-0.3, -0.25) is 0 Å². The van der Waals surface area contributed by atoms with Crippen LogP contribution in [0, 0.1) is 12.7 Å².